The molecule has 1 heterocycles. The molecule has 0 atom stereocenters. The van der Waals surface area contributed by atoms with Crippen LogP contribution in [0.15, 0.2) is 36.5 Å². The number of aryl methyl sites for hydroxylation is 2. The summed E-state index contributed by atoms with van der Waals surface area (Å²) in [6.07, 6.45) is 1.88. The first-order valence-corrected chi connectivity index (χ1v) is 7.46. The molecule has 1 N–H and O–H groups in total. The number of hydrogen-bond donors (Lipinski definition) is 1. The molecule has 2 aromatic rings. The van der Waals surface area contributed by atoms with E-state index in [1.54, 1.807) is 0 Å². The van der Waals surface area contributed by atoms with E-state index >= 15 is 0 Å². The van der Waals surface area contributed by atoms with Crippen molar-refractivity contribution in [3.05, 3.63) is 53.2 Å². The van der Waals surface area contributed by atoms with Gasteiger partial charge in [-0.2, -0.15) is 0 Å². The van der Waals surface area contributed by atoms with Crippen LogP contribution in [0, 0.1) is 19.8 Å². The number of rotatable bonds is 6. The molecule has 0 radical (unpaired) electrons. The summed E-state index contributed by atoms with van der Waals surface area (Å²) in [7, 11) is 0. The molecule has 3 nitrogen and oxygen atoms in total. The maximum absolute atomic E-state index is 5.91. The van der Waals surface area contributed by atoms with Gasteiger partial charge < -0.3 is 10.1 Å². The van der Waals surface area contributed by atoms with Gasteiger partial charge in [-0.1, -0.05) is 32.0 Å². The zero-order chi connectivity index (χ0) is 15.2. The highest BCUT2D eigenvalue weighted by atomic mass is 16.5. The van der Waals surface area contributed by atoms with E-state index in [0.29, 0.717) is 11.8 Å². The summed E-state index contributed by atoms with van der Waals surface area (Å²) >= 11 is 0. The molecule has 0 saturated heterocycles. The third-order valence-corrected chi connectivity index (χ3v) is 3.27. The van der Waals surface area contributed by atoms with Crippen LogP contribution < -0.4 is 10.1 Å². The second kappa shape index (κ2) is 7.23. The van der Waals surface area contributed by atoms with Gasteiger partial charge in [-0.15, -0.1) is 0 Å². The number of nitrogens with zero attached hydrogens (tertiary/aromatic N) is 1. The summed E-state index contributed by atoms with van der Waals surface area (Å²) in [5.74, 6) is 2.19. The molecule has 0 unspecified atom stereocenters. The normalized spacial score (nSPS) is 10.9. The third kappa shape index (κ3) is 4.57. The van der Waals surface area contributed by atoms with Gasteiger partial charge in [0.1, 0.15) is 5.75 Å². The Labute approximate surface area is 127 Å². The first kappa shape index (κ1) is 15.5. The van der Waals surface area contributed by atoms with E-state index in [2.05, 4.69) is 30.2 Å². The lowest BCUT2D eigenvalue weighted by molar-refractivity contribution is 0.454. The number of nitrogens with one attached hydrogen (secondary N) is 1. The predicted molar refractivity (Wildman–Crippen MR) is 86.8 cm³/mol. The van der Waals surface area contributed by atoms with Crippen molar-refractivity contribution in [2.75, 3.05) is 6.54 Å². The molecule has 2 rings (SSSR count). The predicted octanol–water partition coefficient (Wildman–Crippen LogP) is 4.24. The summed E-state index contributed by atoms with van der Waals surface area (Å²) in [6.45, 7) is 10.3. The van der Waals surface area contributed by atoms with Crippen LogP contribution in [0.1, 0.15) is 30.5 Å². The van der Waals surface area contributed by atoms with Crippen LogP contribution in [0.2, 0.25) is 0 Å². The molecule has 0 aliphatic heterocycles. The Bertz CT molecular complexity index is 594. The minimum absolute atomic E-state index is 0.655. The van der Waals surface area contributed by atoms with Gasteiger partial charge in [0, 0.05) is 18.3 Å². The molecule has 0 bridgehead atoms. The van der Waals surface area contributed by atoms with Gasteiger partial charge in [-0.25, -0.2) is 4.98 Å². The van der Waals surface area contributed by atoms with Gasteiger partial charge in [0.2, 0.25) is 5.88 Å². The van der Waals surface area contributed by atoms with Crippen LogP contribution in [0.3, 0.4) is 0 Å². The standard InChI is InChI=1S/C18H24N2O/c1-13(2)10-19-11-16-9-15(4)18(20-12-16)21-17-8-6-5-7-14(17)3/h5-9,12-13,19H,10-11H2,1-4H3. The summed E-state index contributed by atoms with van der Waals surface area (Å²) < 4.78 is 5.91. The molecule has 0 saturated carbocycles. The molecule has 112 valence electrons. The number of benzene rings is 1. The van der Waals surface area contributed by atoms with E-state index in [1.165, 1.54) is 5.56 Å². The van der Waals surface area contributed by atoms with E-state index in [1.807, 2.05) is 44.3 Å². The highest BCUT2D eigenvalue weighted by Crippen LogP contribution is 2.25. The van der Waals surface area contributed by atoms with Crippen molar-refractivity contribution >= 4 is 0 Å². The third-order valence-electron chi connectivity index (χ3n) is 3.27. The topological polar surface area (TPSA) is 34.1 Å². The number of aromatic nitrogens is 1. The molecular formula is C18H24N2O. The van der Waals surface area contributed by atoms with E-state index in [9.17, 15) is 0 Å². The summed E-state index contributed by atoms with van der Waals surface area (Å²) in [6, 6.07) is 10.1. The number of hydrogen-bond acceptors (Lipinski definition) is 3. The van der Waals surface area contributed by atoms with Crippen molar-refractivity contribution < 1.29 is 4.74 Å². The van der Waals surface area contributed by atoms with Crippen molar-refractivity contribution in [3.63, 3.8) is 0 Å². The lowest BCUT2D eigenvalue weighted by Crippen LogP contribution is -2.19. The number of ether oxygens (including phenoxy) is 1. The van der Waals surface area contributed by atoms with Gasteiger partial charge in [0.15, 0.2) is 0 Å². The van der Waals surface area contributed by atoms with Gasteiger partial charge in [-0.3, -0.25) is 0 Å². The summed E-state index contributed by atoms with van der Waals surface area (Å²) in [5, 5.41) is 3.43. The Kier molecular flexibility index (Phi) is 5.34. The van der Waals surface area contributed by atoms with E-state index < -0.39 is 0 Å². The van der Waals surface area contributed by atoms with Gasteiger partial charge in [0.25, 0.3) is 0 Å². The second-order valence-corrected chi connectivity index (χ2v) is 5.86. The van der Waals surface area contributed by atoms with Crippen LogP contribution in [-0.4, -0.2) is 11.5 Å². The zero-order valence-corrected chi connectivity index (χ0v) is 13.3. The largest absolute Gasteiger partial charge is 0.438 e. The fourth-order valence-electron chi connectivity index (χ4n) is 2.10. The molecule has 1 aromatic carbocycles. The Hall–Kier alpha value is -1.87. The van der Waals surface area contributed by atoms with Gasteiger partial charge in [-0.05, 0) is 49.6 Å². The first-order valence-electron chi connectivity index (χ1n) is 7.46. The Morgan fingerprint density at radius 3 is 2.57 bits per heavy atom. The average Bonchev–Trinajstić information content (AvgIpc) is 2.43. The monoisotopic (exact) mass is 284 g/mol. The van der Waals surface area contributed by atoms with Crippen LogP contribution in [0.25, 0.3) is 0 Å². The lowest BCUT2D eigenvalue weighted by atomic mass is 10.2. The molecule has 0 fully saturated rings. The second-order valence-electron chi connectivity index (χ2n) is 5.86. The minimum Gasteiger partial charge on any atom is -0.438 e. The number of pyridine rings is 1. The molecule has 0 amide bonds. The average molecular weight is 284 g/mol. The van der Waals surface area contributed by atoms with E-state index in [4.69, 9.17) is 4.74 Å². The van der Waals surface area contributed by atoms with Gasteiger partial charge >= 0.3 is 0 Å². The Morgan fingerprint density at radius 1 is 1.14 bits per heavy atom. The maximum atomic E-state index is 5.91. The molecular weight excluding hydrogens is 260 g/mol. The van der Waals surface area contributed by atoms with Crippen LogP contribution in [-0.2, 0) is 6.54 Å². The highest BCUT2D eigenvalue weighted by molar-refractivity contribution is 5.37. The van der Waals surface area contributed by atoms with Crippen molar-refractivity contribution in [3.8, 4) is 11.6 Å². The van der Waals surface area contributed by atoms with Crippen LogP contribution in [0.4, 0.5) is 0 Å². The summed E-state index contributed by atoms with van der Waals surface area (Å²) in [5.41, 5.74) is 3.36. The van der Waals surface area contributed by atoms with Crippen LogP contribution in [0.5, 0.6) is 11.6 Å². The van der Waals surface area contributed by atoms with E-state index in [0.717, 1.165) is 30.0 Å². The van der Waals surface area contributed by atoms with Crippen LogP contribution >= 0.6 is 0 Å². The maximum Gasteiger partial charge on any atom is 0.222 e. The first-order chi connectivity index (χ1) is 10.1. The molecule has 3 heteroatoms. The fraction of sp³-hybridized carbons (Fsp3) is 0.389. The zero-order valence-electron chi connectivity index (χ0n) is 13.3. The quantitative estimate of drug-likeness (QED) is 0.861. The van der Waals surface area contributed by atoms with Crippen molar-refractivity contribution in [2.45, 2.75) is 34.2 Å². The van der Waals surface area contributed by atoms with Crippen molar-refractivity contribution in [1.29, 1.82) is 0 Å². The molecule has 0 aliphatic rings. The Balaban J connectivity index is 2.04. The molecule has 0 aliphatic carbocycles. The van der Waals surface area contributed by atoms with Crippen molar-refractivity contribution in [2.24, 2.45) is 5.92 Å². The SMILES string of the molecule is Cc1ccccc1Oc1ncc(CNCC(C)C)cc1C. The molecule has 0 spiro atoms. The van der Waals surface area contributed by atoms with E-state index in [-0.39, 0.29) is 0 Å². The highest BCUT2D eigenvalue weighted by Gasteiger charge is 2.06. The number of para-hydroxylation sites is 1. The Morgan fingerprint density at radius 2 is 1.90 bits per heavy atom. The smallest absolute Gasteiger partial charge is 0.222 e. The molecule has 1 aromatic heterocycles. The molecule has 21 heavy (non-hydrogen) atoms. The summed E-state index contributed by atoms with van der Waals surface area (Å²) in [4.78, 5) is 4.45. The van der Waals surface area contributed by atoms with Gasteiger partial charge in [0.05, 0.1) is 0 Å². The minimum atomic E-state index is 0.655. The van der Waals surface area contributed by atoms with Crippen molar-refractivity contribution in [1.82, 2.24) is 10.3 Å². The fourth-order valence-corrected chi connectivity index (χ4v) is 2.10. The lowest BCUT2D eigenvalue weighted by Gasteiger charge is -2.12.